The van der Waals surface area contributed by atoms with Crippen LogP contribution in [0, 0.1) is 0 Å². The lowest BCUT2D eigenvalue weighted by Crippen LogP contribution is -2.41. The van der Waals surface area contributed by atoms with Gasteiger partial charge in [0.15, 0.2) is 0 Å². The molecule has 0 spiro atoms. The Labute approximate surface area is 140 Å². The van der Waals surface area contributed by atoms with Gasteiger partial charge in [-0.25, -0.2) is 14.6 Å². The van der Waals surface area contributed by atoms with E-state index >= 15 is 0 Å². The van der Waals surface area contributed by atoms with Crippen LogP contribution in [0.2, 0.25) is 0 Å². The van der Waals surface area contributed by atoms with Crippen molar-refractivity contribution < 1.29 is 9.53 Å². The van der Waals surface area contributed by atoms with Crippen LogP contribution < -0.4 is 10.1 Å². The standard InChI is InChI=1S/C16H22N6O2/c1-21(2)7-8-24-15-9-12(5-6-17-15)16(23)20-13-3-4-14-18-11-19-22(14)10-13/h5-6,9,11,13H,3-4,7-8,10H2,1-2H3,(H,20,23). The number of nitrogens with zero attached hydrogens (tertiary/aromatic N) is 5. The average Bonchev–Trinajstić information content (AvgIpc) is 3.02. The third-order valence-electron chi connectivity index (χ3n) is 3.93. The zero-order valence-electron chi connectivity index (χ0n) is 14.0. The zero-order chi connectivity index (χ0) is 16.9. The van der Waals surface area contributed by atoms with Gasteiger partial charge in [0.1, 0.15) is 18.8 Å². The van der Waals surface area contributed by atoms with Gasteiger partial charge in [0, 0.05) is 36.8 Å². The first-order valence-corrected chi connectivity index (χ1v) is 8.03. The Morgan fingerprint density at radius 2 is 2.33 bits per heavy atom. The van der Waals surface area contributed by atoms with Gasteiger partial charge in [-0.3, -0.25) is 4.79 Å². The minimum absolute atomic E-state index is 0.0537. The molecule has 0 saturated heterocycles. The fourth-order valence-corrected chi connectivity index (χ4v) is 2.59. The third-order valence-corrected chi connectivity index (χ3v) is 3.93. The molecule has 0 fully saturated rings. The molecule has 128 valence electrons. The predicted octanol–water partition coefficient (Wildman–Crippen LogP) is 0.358. The van der Waals surface area contributed by atoms with Crippen molar-refractivity contribution in [3.63, 3.8) is 0 Å². The van der Waals surface area contributed by atoms with Crippen LogP contribution in [-0.2, 0) is 13.0 Å². The van der Waals surface area contributed by atoms with Crippen LogP contribution in [0.4, 0.5) is 0 Å². The molecule has 8 nitrogen and oxygen atoms in total. The summed E-state index contributed by atoms with van der Waals surface area (Å²) in [7, 11) is 3.96. The first-order valence-electron chi connectivity index (χ1n) is 8.03. The quantitative estimate of drug-likeness (QED) is 0.823. The van der Waals surface area contributed by atoms with E-state index < -0.39 is 0 Å². The van der Waals surface area contributed by atoms with Crippen LogP contribution in [-0.4, -0.2) is 63.8 Å². The van der Waals surface area contributed by atoms with Crippen molar-refractivity contribution in [2.24, 2.45) is 0 Å². The van der Waals surface area contributed by atoms with Crippen molar-refractivity contribution in [2.75, 3.05) is 27.2 Å². The van der Waals surface area contributed by atoms with Crippen molar-refractivity contribution >= 4 is 5.91 Å². The van der Waals surface area contributed by atoms with Crippen molar-refractivity contribution in [2.45, 2.75) is 25.4 Å². The molecule has 3 heterocycles. The molecule has 1 amide bonds. The highest BCUT2D eigenvalue weighted by molar-refractivity contribution is 5.94. The number of aromatic nitrogens is 4. The van der Waals surface area contributed by atoms with E-state index in [4.69, 9.17) is 4.74 Å². The molecule has 24 heavy (non-hydrogen) atoms. The van der Waals surface area contributed by atoms with Crippen LogP contribution >= 0.6 is 0 Å². The molecule has 2 aromatic heterocycles. The Morgan fingerprint density at radius 1 is 1.46 bits per heavy atom. The largest absolute Gasteiger partial charge is 0.476 e. The van der Waals surface area contributed by atoms with Gasteiger partial charge in [0.2, 0.25) is 5.88 Å². The van der Waals surface area contributed by atoms with Gasteiger partial charge in [-0.15, -0.1) is 0 Å². The highest BCUT2D eigenvalue weighted by Gasteiger charge is 2.22. The van der Waals surface area contributed by atoms with E-state index in [0.29, 0.717) is 24.6 Å². The van der Waals surface area contributed by atoms with Gasteiger partial charge in [0.05, 0.1) is 6.54 Å². The van der Waals surface area contributed by atoms with E-state index in [1.807, 2.05) is 23.7 Å². The molecule has 1 N–H and O–H groups in total. The number of amides is 1. The topological polar surface area (TPSA) is 85.2 Å². The Bertz CT molecular complexity index is 699. The second kappa shape index (κ2) is 7.39. The minimum atomic E-state index is -0.122. The fraction of sp³-hybridized carbons (Fsp3) is 0.500. The number of hydrogen-bond acceptors (Lipinski definition) is 6. The summed E-state index contributed by atoms with van der Waals surface area (Å²) >= 11 is 0. The molecule has 1 unspecified atom stereocenters. The zero-order valence-corrected chi connectivity index (χ0v) is 14.0. The normalized spacial score (nSPS) is 16.7. The molecule has 1 aliphatic rings. The number of carbonyl (C=O) groups excluding carboxylic acids is 1. The van der Waals surface area contributed by atoms with Crippen molar-refractivity contribution in [1.29, 1.82) is 0 Å². The number of hydrogen-bond donors (Lipinski definition) is 1. The number of fused-ring (bicyclic) bond motifs is 1. The molecule has 3 rings (SSSR count). The highest BCUT2D eigenvalue weighted by atomic mass is 16.5. The second-order valence-corrected chi connectivity index (χ2v) is 6.10. The molecule has 2 aromatic rings. The van der Waals surface area contributed by atoms with Crippen LogP contribution in [0.15, 0.2) is 24.7 Å². The van der Waals surface area contributed by atoms with E-state index in [1.54, 1.807) is 24.7 Å². The summed E-state index contributed by atoms with van der Waals surface area (Å²) in [4.78, 5) is 22.8. The van der Waals surface area contributed by atoms with Crippen LogP contribution in [0.5, 0.6) is 5.88 Å². The molecule has 0 radical (unpaired) electrons. The molecule has 1 atom stereocenters. The highest BCUT2D eigenvalue weighted by Crippen LogP contribution is 2.13. The van der Waals surface area contributed by atoms with Gasteiger partial charge in [-0.05, 0) is 26.6 Å². The summed E-state index contributed by atoms with van der Waals surface area (Å²) in [6.45, 7) is 1.97. The van der Waals surface area contributed by atoms with Crippen LogP contribution in [0.25, 0.3) is 0 Å². The number of pyridine rings is 1. The maximum atomic E-state index is 12.4. The monoisotopic (exact) mass is 330 g/mol. The summed E-state index contributed by atoms with van der Waals surface area (Å²) in [5.74, 6) is 1.32. The third kappa shape index (κ3) is 4.08. The summed E-state index contributed by atoms with van der Waals surface area (Å²) in [6, 6.07) is 3.42. The Morgan fingerprint density at radius 3 is 3.17 bits per heavy atom. The summed E-state index contributed by atoms with van der Waals surface area (Å²) in [5.41, 5.74) is 0.550. The molecule has 0 bridgehead atoms. The van der Waals surface area contributed by atoms with Gasteiger partial charge in [0.25, 0.3) is 5.91 Å². The number of likely N-dealkylation sites (N-methyl/N-ethyl adjacent to an activating group) is 1. The number of ether oxygens (including phenoxy) is 1. The number of nitrogens with one attached hydrogen (secondary N) is 1. The van der Waals surface area contributed by atoms with Gasteiger partial charge < -0.3 is 15.0 Å². The maximum Gasteiger partial charge on any atom is 0.251 e. The molecule has 0 aliphatic carbocycles. The molecular formula is C16H22N6O2. The lowest BCUT2D eigenvalue weighted by molar-refractivity contribution is 0.0925. The van der Waals surface area contributed by atoms with E-state index in [-0.39, 0.29) is 11.9 Å². The van der Waals surface area contributed by atoms with Gasteiger partial charge in [-0.1, -0.05) is 0 Å². The molecule has 8 heteroatoms. The lowest BCUT2D eigenvalue weighted by Gasteiger charge is -2.23. The van der Waals surface area contributed by atoms with Crippen LogP contribution in [0.1, 0.15) is 22.6 Å². The lowest BCUT2D eigenvalue weighted by atomic mass is 10.1. The van der Waals surface area contributed by atoms with Crippen molar-refractivity contribution in [1.82, 2.24) is 30.0 Å². The summed E-state index contributed by atoms with van der Waals surface area (Å²) in [5, 5.41) is 7.22. The van der Waals surface area contributed by atoms with E-state index in [9.17, 15) is 4.79 Å². The molecular weight excluding hydrogens is 308 g/mol. The molecule has 0 saturated carbocycles. The van der Waals surface area contributed by atoms with E-state index in [0.717, 1.165) is 25.2 Å². The first-order chi connectivity index (χ1) is 11.6. The van der Waals surface area contributed by atoms with Gasteiger partial charge >= 0.3 is 0 Å². The number of rotatable bonds is 6. The van der Waals surface area contributed by atoms with E-state index in [2.05, 4.69) is 20.4 Å². The first kappa shape index (κ1) is 16.4. The average molecular weight is 330 g/mol. The summed E-state index contributed by atoms with van der Waals surface area (Å²) in [6.07, 6.45) is 4.83. The Hall–Kier alpha value is -2.48. The SMILES string of the molecule is CN(C)CCOc1cc(C(=O)NC2CCc3ncnn3C2)ccn1. The second-order valence-electron chi connectivity index (χ2n) is 6.10. The van der Waals surface area contributed by atoms with E-state index in [1.165, 1.54) is 0 Å². The molecule has 1 aliphatic heterocycles. The Balaban J connectivity index is 1.57. The maximum absolute atomic E-state index is 12.4. The number of aryl methyl sites for hydroxylation is 1. The smallest absolute Gasteiger partial charge is 0.251 e. The van der Waals surface area contributed by atoms with Crippen LogP contribution in [0.3, 0.4) is 0 Å². The molecule has 0 aromatic carbocycles. The Kier molecular flexibility index (Phi) is 5.05. The summed E-state index contributed by atoms with van der Waals surface area (Å²) < 4.78 is 7.42. The fourth-order valence-electron chi connectivity index (χ4n) is 2.59. The minimum Gasteiger partial charge on any atom is -0.476 e. The number of carbonyl (C=O) groups is 1. The predicted molar refractivity (Wildman–Crippen MR) is 87.9 cm³/mol. The van der Waals surface area contributed by atoms with Crippen molar-refractivity contribution in [3.05, 3.63) is 36.0 Å². The van der Waals surface area contributed by atoms with Gasteiger partial charge in [-0.2, -0.15) is 5.10 Å². The van der Waals surface area contributed by atoms with Crippen molar-refractivity contribution in [3.8, 4) is 5.88 Å².